The summed E-state index contributed by atoms with van der Waals surface area (Å²) in [4.78, 5) is -2.33. The van der Waals surface area contributed by atoms with E-state index in [0.717, 1.165) is 12.1 Å². The molecule has 5 aromatic carbocycles. The van der Waals surface area contributed by atoms with Crippen LogP contribution in [0.5, 0.6) is 17.2 Å². The molecule has 6 N–H and O–H groups in total. The third-order valence-electron chi connectivity index (χ3n) is 7.32. The van der Waals surface area contributed by atoms with Gasteiger partial charge in [0.25, 0.3) is 42.7 Å². The number of aryl methyl sites for hydroxylation is 3. The van der Waals surface area contributed by atoms with Gasteiger partial charge in [0.05, 0.1) is 21.7 Å². The molecule has 274 valence electrons. The summed E-state index contributed by atoms with van der Waals surface area (Å²) in [6.45, 7) is 4.52. The smallest absolute Gasteiger partial charge is 0.296 e. The minimum absolute atomic E-state index is 0.00446. The molecule has 0 aliphatic rings. The molecule has 5 rings (SSSR count). The highest BCUT2D eigenvalue weighted by Crippen LogP contribution is 2.45. The second-order valence-electron chi connectivity index (χ2n) is 10.9. The third kappa shape index (κ3) is 7.97. The van der Waals surface area contributed by atoms with Gasteiger partial charge in [-0.1, -0.05) is 27.6 Å². The van der Waals surface area contributed by atoms with E-state index in [-0.39, 0.29) is 56.9 Å². The number of hydrogen-bond acceptors (Lipinski definition) is 17. The van der Waals surface area contributed by atoms with E-state index in [0.29, 0.717) is 17.2 Å². The van der Waals surface area contributed by atoms with Crippen LogP contribution in [0.4, 0.5) is 22.7 Å². The number of aromatic hydroxyl groups is 2. The van der Waals surface area contributed by atoms with Crippen LogP contribution in [0, 0.1) is 20.8 Å². The Morgan fingerprint density at radius 1 is 0.673 bits per heavy atom. The average molecular weight is 797 g/mol. The molecule has 0 spiro atoms. The van der Waals surface area contributed by atoms with E-state index < -0.39 is 67.6 Å². The number of benzene rings is 5. The lowest BCUT2D eigenvalue weighted by atomic mass is 10.0. The van der Waals surface area contributed by atoms with Gasteiger partial charge in [-0.05, 0) is 67.1 Å². The highest BCUT2D eigenvalue weighted by Gasteiger charge is 2.27. The molecule has 0 amide bonds. The molecule has 0 heterocycles. The first kappa shape index (κ1) is 38.4. The average Bonchev–Trinajstić information content (AvgIpc) is 3.02. The maximum absolute atomic E-state index is 12.4. The van der Waals surface area contributed by atoms with Crippen molar-refractivity contribution in [3.8, 4) is 17.2 Å². The molecule has 0 aliphatic heterocycles. The van der Waals surface area contributed by atoms with Crippen LogP contribution in [0.1, 0.15) is 16.7 Å². The van der Waals surface area contributed by atoms with Gasteiger partial charge in [-0.25, -0.2) is 5.26 Å². The molecule has 0 fully saturated rings. The lowest BCUT2D eigenvalue weighted by molar-refractivity contribution is -0.433. The van der Waals surface area contributed by atoms with E-state index >= 15 is 0 Å². The van der Waals surface area contributed by atoms with Crippen molar-refractivity contribution < 1.29 is 67.9 Å². The van der Waals surface area contributed by atoms with E-state index in [9.17, 15) is 49.1 Å². The van der Waals surface area contributed by atoms with Crippen molar-refractivity contribution >= 4 is 87.0 Å². The number of phenolic OH excluding ortho intramolecular Hbond substituents is 2. The molecule has 0 atom stereocenters. The van der Waals surface area contributed by atoms with E-state index in [1.54, 1.807) is 19.1 Å². The summed E-state index contributed by atoms with van der Waals surface area (Å²) in [5.41, 5.74) is 0.114. The van der Waals surface area contributed by atoms with Gasteiger partial charge in [-0.3, -0.25) is 13.7 Å². The Morgan fingerprint density at radius 3 is 1.98 bits per heavy atom. The van der Waals surface area contributed by atoms with Crippen molar-refractivity contribution in [2.24, 2.45) is 20.5 Å². The Balaban J connectivity index is 1.64. The van der Waals surface area contributed by atoms with Crippen molar-refractivity contribution in [3.05, 3.63) is 71.3 Å². The molecule has 5 aromatic rings. The standard InChI is InChI=1S/C29H24N4O15S4/c1-13-6-16-9-17(50(37,38)39)10-23(34)26(16)22(7-13)32-30-20-12-24(46-49-48-47-36)21(8-15(20)3)31-33-27-25(51(40,41)42)11-19-18(28(27)35)5-4-14(2)29(19)52(43,44)45/h4-12,34-36H,1-3H3,(H,37,38,39)(H,40,41,42)(H,43,44,45). The van der Waals surface area contributed by atoms with Crippen LogP contribution in [-0.2, 0) is 39.7 Å². The number of nitrogens with zero attached hydrogens (tertiary/aromatic N) is 4. The Bertz CT molecular complexity index is 2680. The number of rotatable bonds is 11. The van der Waals surface area contributed by atoms with Crippen molar-refractivity contribution in [2.75, 3.05) is 0 Å². The SMILES string of the molecule is Cc1cc(N=Nc2cc(OSOOO)c(N=Nc3c(S(=O)(=O)O)cc4c(S(=O)(=O)O)c(C)ccc4c3O)cc2C)c2c(O)cc(S(=O)(=O)O)cc2c1. The lowest BCUT2D eigenvalue weighted by Crippen LogP contribution is -2.04. The zero-order chi connectivity index (χ0) is 38.3. The fourth-order valence-electron chi connectivity index (χ4n) is 5.14. The van der Waals surface area contributed by atoms with Crippen LogP contribution in [0.15, 0.2) is 89.7 Å². The monoisotopic (exact) mass is 796 g/mol. The first-order chi connectivity index (χ1) is 24.2. The van der Waals surface area contributed by atoms with Gasteiger partial charge < -0.3 is 14.4 Å². The van der Waals surface area contributed by atoms with Crippen LogP contribution in [0.3, 0.4) is 0 Å². The maximum Gasteiger partial charge on any atom is 0.296 e. The summed E-state index contributed by atoms with van der Waals surface area (Å²) in [5.74, 6) is -1.68. The summed E-state index contributed by atoms with van der Waals surface area (Å²) < 4.78 is 111. The summed E-state index contributed by atoms with van der Waals surface area (Å²) in [7, 11) is -14.8. The van der Waals surface area contributed by atoms with Crippen molar-refractivity contribution in [1.29, 1.82) is 0 Å². The van der Waals surface area contributed by atoms with Crippen molar-refractivity contribution in [2.45, 2.75) is 35.5 Å². The normalized spacial score (nSPS) is 12.8. The summed E-state index contributed by atoms with van der Waals surface area (Å²) >= 11 is 0.0833. The van der Waals surface area contributed by atoms with E-state index in [4.69, 9.17) is 9.44 Å². The van der Waals surface area contributed by atoms with Gasteiger partial charge in [-0.15, -0.1) is 15.3 Å². The summed E-state index contributed by atoms with van der Waals surface area (Å²) in [6.07, 6.45) is 0. The number of phenols is 2. The van der Waals surface area contributed by atoms with Crippen molar-refractivity contribution in [3.63, 3.8) is 0 Å². The zero-order valence-corrected chi connectivity index (χ0v) is 29.7. The second kappa shape index (κ2) is 14.3. The fraction of sp³-hybridized carbons (Fsp3) is 0.103. The third-order valence-corrected chi connectivity index (χ3v) is 10.4. The van der Waals surface area contributed by atoms with Gasteiger partial charge in [0.1, 0.15) is 26.9 Å². The second-order valence-corrected chi connectivity index (χ2v) is 15.5. The summed E-state index contributed by atoms with van der Waals surface area (Å²) in [5, 5.41) is 49.5. The Hall–Kier alpha value is -4.82. The molecule has 0 aliphatic carbocycles. The van der Waals surface area contributed by atoms with E-state index in [1.807, 2.05) is 0 Å². The molecular weight excluding hydrogens is 773 g/mol. The predicted octanol–water partition coefficient (Wildman–Crippen LogP) is 7.26. The molecule has 0 saturated carbocycles. The van der Waals surface area contributed by atoms with Gasteiger partial charge in [0, 0.05) is 22.9 Å². The van der Waals surface area contributed by atoms with Crippen molar-refractivity contribution in [1.82, 2.24) is 0 Å². The topological polar surface area (TPSA) is 301 Å². The predicted molar refractivity (Wildman–Crippen MR) is 183 cm³/mol. The first-order valence-corrected chi connectivity index (χ1v) is 19.0. The van der Waals surface area contributed by atoms with Crippen LogP contribution in [-0.4, -0.2) is 54.4 Å². The number of azo groups is 2. The lowest BCUT2D eigenvalue weighted by Gasteiger charge is -2.13. The molecule has 0 radical (unpaired) electrons. The van der Waals surface area contributed by atoms with Crippen LogP contribution < -0.4 is 4.18 Å². The highest BCUT2D eigenvalue weighted by molar-refractivity contribution is 7.90. The fourth-order valence-corrected chi connectivity index (χ4v) is 7.51. The van der Waals surface area contributed by atoms with Crippen LogP contribution in [0.2, 0.25) is 0 Å². The molecule has 0 bridgehead atoms. The molecule has 0 aromatic heterocycles. The van der Waals surface area contributed by atoms with Gasteiger partial charge in [0.2, 0.25) is 0 Å². The van der Waals surface area contributed by atoms with Gasteiger partial charge in [0.15, 0.2) is 11.5 Å². The highest BCUT2D eigenvalue weighted by atomic mass is 32.2. The zero-order valence-electron chi connectivity index (χ0n) is 26.5. The van der Waals surface area contributed by atoms with Crippen LogP contribution >= 0.6 is 12.3 Å². The van der Waals surface area contributed by atoms with Gasteiger partial charge in [-0.2, -0.15) is 30.4 Å². The molecule has 0 saturated heterocycles. The largest absolute Gasteiger partial charge is 0.507 e. The van der Waals surface area contributed by atoms with E-state index in [2.05, 4.69) is 29.8 Å². The minimum atomic E-state index is -5.21. The molecule has 23 heteroatoms. The van der Waals surface area contributed by atoms with Crippen LogP contribution in [0.25, 0.3) is 21.5 Å². The molecule has 0 unspecified atom stereocenters. The minimum Gasteiger partial charge on any atom is -0.507 e. The van der Waals surface area contributed by atoms with E-state index in [1.165, 1.54) is 38.1 Å². The maximum atomic E-state index is 12.4. The Morgan fingerprint density at radius 2 is 1.35 bits per heavy atom. The molecular formula is C29H24N4O15S4. The molecule has 52 heavy (non-hydrogen) atoms. The number of fused-ring (bicyclic) bond motifs is 2. The van der Waals surface area contributed by atoms with Gasteiger partial charge >= 0.3 is 0 Å². The number of hydrogen-bond donors (Lipinski definition) is 6. The Kier molecular flexibility index (Phi) is 10.6. The Labute approximate surface area is 298 Å². The quantitative estimate of drug-likeness (QED) is 0.0191. The first-order valence-electron chi connectivity index (χ1n) is 14.0. The summed E-state index contributed by atoms with van der Waals surface area (Å²) in [6, 6.07) is 10.8. The molecule has 19 nitrogen and oxygen atoms in total.